The Bertz CT molecular complexity index is 667. The molecule has 0 saturated heterocycles. The molecule has 1 aliphatic heterocycles. The normalized spacial score (nSPS) is 15.6. The number of amides is 1. The van der Waals surface area contributed by atoms with Crippen LogP contribution in [-0.2, 0) is 20.7 Å². The van der Waals surface area contributed by atoms with Crippen molar-refractivity contribution in [3.05, 3.63) is 23.8 Å². The number of carbonyl (C=O) groups is 2. The summed E-state index contributed by atoms with van der Waals surface area (Å²) in [5.74, 6) is 0.551. The van der Waals surface area contributed by atoms with Gasteiger partial charge in [-0.25, -0.2) is 4.79 Å². The van der Waals surface area contributed by atoms with Crippen LogP contribution in [0.5, 0.6) is 11.5 Å². The minimum absolute atomic E-state index is 0.162. The van der Waals surface area contributed by atoms with E-state index in [0.29, 0.717) is 24.5 Å². The van der Waals surface area contributed by atoms with Crippen molar-refractivity contribution in [3.8, 4) is 11.5 Å². The lowest BCUT2D eigenvalue weighted by Crippen LogP contribution is -2.43. The Morgan fingerprint density at radius 2 is 1.96 bits per heavy atom. The number of carbonyl (C=O) groups excluding carboxylic acids is 2. The minimum Gasteiger partial charge on any atom is -0.454 e. The highest BCUT2D eigenvalue weighted by molar-refractivity contribution is 5.76. The average molecular weight is 382 g/mol. The largest absolute Gasteiger partial charge is 0.454 e. The van der Waals surface area contributed by atoms with Crippen LogP contribution in [0.4, 0.5) is 4.79 Å². The van der Waals surface area contributed by atoms with E-state index in [1.54, 1.807) is 0 Å². The van der Waals surface area contributed by atoms with Crippen molar-refractivity contribution >= 4 is 12.1 Å². The molecule has 150 valence electrons. The van der Waals surface area contributed by atoms with E-state index in [9.17, 15) is 9.59 Å². The monoisotopic (exact) mass is 382 g/mol. The number of nitrogens with zero attached hydrogens (tertiary/aromatic N) is 1. The number of fused-ring (bicyclic) bond motifs is 1. The summed E-state index contributed by atoms with van der Waals surface area (Å²) < 4.78 is 20.7. The number of esters is 1. The molecule has 2 rings (SSSR count). The zero-order valence-electron chi connectivity index (χ0n) is 15.7. The fourth-order valence-electron chi connectivity index (χ4n) is 2.70. The van der Waals surface area contributed by atoms with Gasteiger partial charge in [0, 0.05) is 19.5 Å². The van der Waals surface area contributed by atoms with Crippen LogP contribution < -0.4 is 15.2 Å². The molecule has 0 saturated carbocycles. The van der Waals surface area contributed by atoms with Crippen molar-refractivity contribution in [1.29, 1.82) is 0 Å². The molecular weight excluding hydrogens is 356 g/mol. The van der Waals surface area contributed by atoms with E-state index in [4.69, 9.17) is 29.8 Å². The number of nitrogens with two attached hydrogens (primary N) is 1. The standard InChI is InChI=1S/C18H26N2O7/c1-4-20(18(23)27-12(3)26-17(22)14(19)9-21)11(2)7-13-5-6-15-16(8-13)25-10-24-15/h5-6,8,11-12,14,21H,4,7,9-10,19H2,1-3H3. The summed E-state index contributed by atoms with van der Waals surface area (Å²) in [4.78, 5) is 25.5. The molecule has 0 bridgehead atoms. The molecule has 1 amide bonds. The van der Waals surface area contributed by atoms with Crippen LogP contribution in [0.25, 0.3) is 0 Å². The van der Waals surface area contributed by atoms with Crippen molar-refractivity contribution in [2.75, 3.05) is 19.9 Å². The number of benzene rings is 1. The zero-order valence-corrected chi connectivity index (χ0v) is 15.7. The van der Waals surface area contributed by atoms with Crippen LogP contribution in [0.3, 0.4) is 0 Å². The molecule has 3 N–H and O–H groups in total. The first-order valence-electron chi connectivity index (χ1n) is 8.78. The lowest BCUT2D eigenvalue weighted by molar-refractivity contribution is -0.168. The average Bonchev–Trinajstić information content (AvgIpc) is 3.08. The fraction of sp³-hybridized carbons (Fsp3) is 0.556. The summed E-state index contributed by atoms with van der Waals surface area (Å²) in [7, 11) is 0. The van der Waals surface area contributed by atoms with Gasteiger partial charge in [0.05, 0.1) is 6.61 Å². The minimum atomic E-state index is -1.17. The van der Waals surface area contributed by atoms with Crippen molar-refractivity contribution in [2.45, 2.75) is 45.6 Å². The maximum absolute atomic E-state index is 12.4. The predicted molar refractivity (Wildman–Crippen MR) is 95.2 cm³/mol. The third-order valence-corrected chi connectivity index (χ3v) is 4.12. The molecule has 0 aliphatic carbocycles. The maximum atomic E-state index is 12.4. The van der Waals surface area contributed by atoms with Crippen LogP contribution >= 0.6 is 0 Å². The van der Waals surface area contributed by atoms with E-state index in [-0.39, 0.29) is 12.8 Å². The van der Waals surface area contributed by atoms with Crippen LogP contribution in [0, 0.1) is 0 Å². The quantitative estimate of drug-likeness (QED) is 0.505. The molecule has 1 aromatic rings. The van der Waals surface area contributed by atoms with Crippen LogP contribution in [-0.4, -0.2) is 60.4 Å². The summed E-state index contributed by atoms with van der Waals surface area (Å²) >= 11 is 0. The lowest BCUT2D eigenvalue weighted by atomic mass is 10.1. The Labute approximate surface area is 157 Å². The zero-order chi connectivity index (χ0) is 20.0. The number of ether oxygens (including phenoxy) is 4. The molecule has 3 unspecified atom stereocenters. The number of likely N-dealkylation sites (N-methyl/N-ethyl adjacent to an activating group) is 1. The van der Waals surface area contributed by atoms with E-state index < -0.39 is 31.0 Å². The van der Waals surface area contributed by atoms with Gasteiger partial charge in [0.2, 0.25) is 13.1 Å². The maximum Gasteiger partial charge on any atom is 0.413 e. The molecule has 0 radical (unpaired) electrons. The van der Waals surface area contributed by atoms with Gasteiger partial charge in [0.25, 0.3) is 0 Å². The first-order valence-corrected chi connectivity index (χ1v) is 8.78. The van der Waals surface area contributed by atoms with Gasteiger partial charge < -0.3 is 34.7 Å². The van der Waals surface area contributed by atoms with Crippen molar-refractivity contribution in [2.24, 2.45) is 5.73 Å². The molecule has 0 spiro atoms. The van der Waals surface area contributed by atoms with Gasteiger partial charge >= 0.3 is 12.1 Å². The second-order valence-electron chi connectivity index (χ2n) is 6.20. The van der Waals surface area contributed by atoms with Gasteiger partial charge in [-0.3, -0.25) is 4.79 Å². The van der Waals surface area contributed by atoms with Gasteiger partial charge in [0.15, 0.2) is 11.5 Å². The Hall–Kier alpha value is -2.52. The number of hydrogen-bond donors (Lipinski definition) is 2. The SMILES string of the molecule is CCN(C(=O)OC(C)OC(=O)C(N)CO)C(C)Cc1ccc2c(c1)OCO2. The Morgan fingerprint density at radius 3 is 2.63 bits per heavy atom. The van der Waals surface area contributed by atoms with E-state index >= 15 is 0 Å². The molecule has 9 heteroatoms. The summed E-state index contributed by atoms with van der Waals surface area (Å²) in [6.45, 7) is 5.21. The van der Waals surface area contributed by atoms with E-state index in [2.05, 4.69) is 0 Å². The molecule has 0 aromatic heterocycles. The van der Waals surface area contributed by atoms with Crippen molar-refractivity contribution < 1.29 is 33.6 Å². The fourth-order valence-corrected chi connectivity index (χ4v) is 2.70. The number of aliphatic hydroxyl groups is 1. The van der Waals surface area contributed by atoms with Crippen molar-refractivity contribution in [3.63, 3.8) is 0 Å². The molecule has 1 aliphatic rings. The van der Waals surface area contributed by atoms with Crippen LogP contribution in [0.1, 0.15) is 26.3 Å². The predicted octanol–water partition coefficient (Wildman–Crippen LogP) is 1.01. The molecule has 1 heterocycles. The Kier molecular flexibility index (Phi) is 7.26. The second-order valence-corrected chi connectivity index (χ2v) is 6.20. The lowest BCUT2D eigenvalue weighted by Gasteiger charge is -2.28. The first-order chi connectivity index (χ1) is 12.8. The second kappa shape index (κ2) is 9.43. The third-order valence-electron chi connectivity index (χ3n) is 4.12. The van der Waals surface area contributed by atoms with Gasteiger partial charge in [-0.15, -0.1) is 0 Å². The topological polar surface area (TPSA) is 121 Å². The molecule has 3 atom stereocenters. The summed E-state index contributed by atoms with van der Waals surface area (Å²) in [6.07, 6.45) is -1.14. The van der Waals surface area contributed by atoms with Gasteiger partial charge in [-0.05, 0) is 38.0 Å². The third kappa shape index (κ3) is 5.48. The number of hydrogen-bond acceptors (Lipinski definition) is 8. The number of rotatable bonds is 8. The van der Waals surface area contributed by atoms with E-state index in [0.717, 1.165) is 5.56 Å². The molecule has 1 aromatic carbocycles. The highest BCUT2D eigenvalue weighted by Gasteiger charge is 2.25. The van der Waals surface area contributed by atoms with Gasteiger partial charge in [-0.2, -0.15) is 0 Å². The summed E-state index contributed by atoms with van der Waals surface area (Å²) in [5, 5.41) is 8.84. The van der Waals surface area contributed by atoms with Crippen LogP contribution in [0.2, 0.25) is 0 Å². The molecule has 0 fully saturated rings. The summed E-state index contributed by atoms with van der Waals surface area (Å²) in [5.41, 5.74) is 6.35. The molecule has 27 heavy (non-hydrogen) atoms. The summed E-state index contributed by atoms with van der Waals surface area (Å²) in [6, 6.07) is 4.32. The smallest absolute Gasteiger partial charge is 0.413 e. The van der Waals surface area contributed by atoms with Crippen LogP contribution in [0.15, 0.2) is 18.2 Å². The van der Waals surface area contributed by atoms with E-state index in [1.807, 2.05) is 32.0 Å². The van der Waals surface area contributed by atoms with Gasteiger partial charge in [-0.1, -0.05) is 6.07 Å². The Morgan fingerprint density at radius 1 is 1.26 bits per heavy atom. The first kappa shape index (κ1) is 20.8. The Balaban J connectivity index is 1.92. The van der Waals surface area contributed by atoms with Crippen molar-refractivity contribution in [1.82, 2.24) is 4.90 Å². The highest BCUT2D eigenvalue weighted by atomic mass is 16.7. The van der Waals surface area contributed by atoms with E-state index in [1.165, 1.54) is 11.8 Å². The molecule has 9 nitrogen and oxygen atoms in total. The van der Waals surface area contributed by atoms with Gasteiger partial charge in [0.1, 0.15) is 6.04 Å². The number of aliphatic hydroxyl groups excluding tert-OH is 1. The molecular formula is C18H26N2O7. The highest BCUT2D eigenvalue weighted by Crippen LogP contribution is 2.33.